The molecule has 1 aromatic heterocycles. The molecule has 1 amide bonds. The third-order valence-corrected chi connectivity index (χ3v) is 1.29. The van der Waals surface area contributed by atoms with Crippen molar-refractivity contribution in [2.24, 2.45) is 0 Å². The van der Waals surface area contributed by atoms with E-state index in [-0.39, 0.29) is 6.07 Å². The molecule has 1 heterocycles. The highest BCUT2D eigenvalue weighted by Crippen LogP contribution is 2.30. The number of alkyl halides is 6. The first kappa shape index (κ1) is 12.3. The monoisotopic (exact) mass is 248 g/mol. The van der Waals surface area contributed by atoms with Crippen LogP contribution in [0.3, 0.4) is 0 Å². The van der Waals surface area contributed by atoms with Gasteiger partial charge in [-0.3, -0.25) is 10.1 Å². The lowest BCUT2D eigenvalue weighted by atomic mass is 10.4. The number of hydrogen-bond acceptors (Lipinski definition) is 3. The van der Waals surface area contributed by atoms with Crippen molar-refractivity contribution in [3.63, 3.8) is 0 Å². The Labute approximate surface area is 83.2 Å². The van der Waals surface area contributed by atoms with Crippen LogP contribution in [0.5, 0.6) is 0 Å². The number of amides is 1. The average Bonchev–Trinajstić information content (AvgIpc) is 2.49. The Morgan fingerprint density at radius 1 is 1.25 bits per heavy atom. The lowest BCUT2D eigenvalue weighted by Crippen LogP contribution is -2.30. The molecule has 0 saturated carbocycles. The number of anilines is 1. The summed E-state index contributed by atoms with van der Waals surface area (Å²) < 4.78 is 74.4. The quantitative estimate of drug-likeness (QED) is 0.775. The molecule has 0 aliphatic carbocycles. The van der Waals surface area contributed by atoms with Crippen LogP contribution in [-0.4, -0.2) is 17.2 Å². The second-order valence-corrected chi connectivity index (χ2v) is 2.53. The molecular weight excluding hydrogens is 246 g/mol. The maximum atomic E-state index is 11.9. The molecule has 0 fully saturated rings. The number of carbonyl (C=O) groups is 1. The van der Waals surface area contributed by atoms with E-state index in [1.54, 1.807) is 0 Å². The highest BCUT2D eigenvalue weighted by atomic mass is 19.4. The predicted molar refractivity (Wildman–Crippen MR) is 36.2 cm³/mol. The average molecular weight is 248 g/mol. The molecule has 0 aliphatic heterocycles. The van der Waals surface area contributed by atoms with Crippen molar-refractivity contribution < 1.29 is 35.7 Å². The molecule has 0 aromatic carbocycles. The van der Waals surface area contributed by atoms with Crippen molar-refractivity contribution in [2.75, 3.05) is 5.32 Å². The molecule has 90 valence electrons. The fourth-order valence-electron chi connectivity index (χ4n) is 0.655. The molecule has 16 heavy (non-hydrogen) atoms. The van der Waals surface area contributed by atoms with Gasteiger partial charge in [-0.15, -0.1) is 0 Å². The van der Waals surface area contributed by atoms with Crippen LogP contribution in [0.15, 0.2) is 10.6 Å². The van der Waals surface area contributed by atoms with Gasteiger partial charge in [-0.2, -0.15) is 26.3 Å². The topological polar surface area (TPSA) is 55.1 Å². The van der Waals surface area contributed by atoms with Gasteiger partial charge in [0, 0.05) is 6.07 Å². The van der Waals surface area contributed by atoms with Gasteiger partial charge in [0.15, 0.2) is 5.82 Å². The molecule has 10 heteroatoms. The lowest BCUT2D eigenvalue weighted by Gasteiger charge is -2.03. The summed E-state index contributed by atoms with van der Waals surface area (Å²) in [4.78, 5) is 10.3. The summed E-state index contributed by atoms with van der Waals surface area (Å²) in [5.74, 6) is -5.01. The highest BCUT2D eigenvalue weighted by molar-refractivity contribution is 5.94. The van der Waals surface area contributed by atoms with E-state index in [0.717, 1.165) is 5.32 Å². The van der Waals surface area contributed by atoms with E-state index >= 15 is 0 Å². The minimum atomic E-state index is -5.21. The van der Waals surface area contributed by atoms with Crippen LogP contribution in [0.25, 0.3) is 0 Å². The molecular formula is C6H2F6N2O2. The van der Waals surface area contributed by atoms with E-state index < -0.39 is 29.8 Å². The minimum absolute atomic E-state index is 0.142. The standard InChI is InChI=1S/C6H2F6N2O2/c7-5(8,9)2-1-3(14-16-2)13-4(15)6(10,11)12/h1H,(H,13,14,15). The maximum absolute atomic E-state index is 11.9. The van der Waals surface area contributed by atoms with E-state index in [9.17, 15) is 31.1 Å². The van der Waals surface area contributed by atoms with Crippen LogP contribution in [0.4, 0.5) is 32.2 Å². The Morgan fingerprint density at radius 3 is 2.19 bits per heavy atom. The fourth-order valence-corrected chi connectivity index (χ4v) is 0.655. The van der Waals surface area contributed by atoms with Gasteiger partial charge in [-0.05, 0) is 0 Å². The second kappa shape index (κ2) is 3.68. The molecule has 4 nitrogen and oxygen atoms in total. The molecule has 1 rings (SSSR count). The Bertz CT molecular complexity index is 392. The van der Waals surface area contributed by atoms with Gasteiger partial charge in [0.1, 0.15) is 0 Å². The number of aromatic nitrogens is 1. The van der Waals surface area contributed by atoms with Gasteiger partial charge in [0.25, 0.3) is 0 Å². The molecule has 0 aliphatic rings. The van der Waals surface area contributed by atoms with Crippen LogP contribution in [0.1, 0.15) is 5.76 Å². The summed E-state index contributed by atoms with van der Waals surface area (Å²) in [6.45, 7) is 0. The molecule has 0 atom stereocenters. The number of halogens is 6. The van der Waals surface area contributed by atoms with Crippen LogP contribution >= 0.6 is 0 Å². The van der Waals surface area contributed by atoms with Crippen molar-refractivity contribution >= 4 is 11.7 Å². The normalized spacial score (nSPS) is 12.6. The lowest BCUT2D eigenvalue weighted by molar-refractivity contribution is -0.167. The molecule has 0 bridgehead atoms. The number of nitrogens with one attached hydrogen (secondary N) is 1. The molecule has 1 N–H and O–H groups in total. The van der Waals surface area contributed by atoms with Gasteiger partial charge in [-0.1, -0.05) is 5.16 Å². The van der Waals surface area contributed by atoms with Crippen molar-refractivity contribution in [3.05, 3.63) is 11.8 Å². The number of hydrogen-bond donors (Lipinski definition) is 1. The number of carbonyl (C=O) groups excluding carboxylic acids is 1. The molecule has 0 radical (unpaired) electrons. The van der Waals surface area contributed by atoms with E-state index in [1.807, 2.05) is 0 Å². The summed E-state index contributed by atoms with van der Waals surface area (Å²) in [7, 11) is 0. The molecule has 1 aromatic rings. The summed E-state index contributed by atoms with van der Waals surface area (Å²) >= 11 is 0. The third kappa shape index (κ3) is 2.87. The Balaban J connectivity index is 2.78. The van der Waals surface area contributed by atoms with Crippen LogP contribution in [0, 0.1) is 0 Å². The Hall–Kier alpha value is -1.74. The zero-order chi connectivity index (χ0) is 12.6. The Morgan fingerprint density at radius 2 is 1.81 bits per heavy atom. The van der Waals surface area contributed by atoms with Gasteiger partial charge in [-0.25, -0.2) is 0 Å². The summed E-state index contributed by atoms with van der Waals surface area (Å²) in [5.41, 5.74) is 0. The predicted octanol–water partition coefficient (Wildman–Crippen LogP) is 2.19. The molecule has 0 unspecified atom stereocenters. The van der Waals surface area contributed by atoms with Crippen molar-refractivity contribution in [2.45, 2.75) is 12.4 Å². The largest absolute Gasteiger partial charge is 0.471 e. The smallest absolute Gasteiger partial charge is 0.349 e. The zero-order valence-electron chi connectivity index (χ0n) is 7.11. The maximum Gasteiger partial charge on any atom is 0.471 e. The SMILES string of the molecule is O=C(Nc1cc(C(F)(F)F)on1)C(F)(F)F. The fraction of sp³-hybridized carbons (Fsp3) is 0.333. The van der Waals surface area contributed by atoms with Crippen LogP contribution in [-0.2, 0) is 11.0 Å². The third-order valence-electron chi connectivity index (χ3n) is 1.29. The van der Waals surface area contributed by atoms with Gasteiger partial charge in [0.05, 0.1) is 0 Å². The zero-order valence-corrected chi connectivity index (χ0v) is 7.11. The van der Waals surface area contributed by atoms with Gasteiger partial charge >= 0.3 is 18.3 Å². The minimum Gasteiger partial charge on any atom is -0.349 e. The first-order valence-electron chi connectivity index (χ1n) is 3.53. The summed E-state index contributed by atoms with van der Waals surface area (Å²) in [5, 5.41) is 3.71. The second-order valence-electron chi connectivity index (χ2n) is 2.53. The van der Waals surface area contributed by atoms with Gasteiger partial charge in [0.2, 0.25) is 5.76 Å². The first-order valence-corrected chi connectivity index (χ1v) is 3.53. The summed E-state index contributed by atoms with van der Waals surface area (Å²) in [6, 6.07) is 0.142. The van der Waals surface area contributed by atoms with E-state index in [1.165, 1.54) is 0 Å². The Kier molecular flexibility index (Phi) is 2.84. The summed E-state index contributed by atoms with van der Waals surface area (Å²) in [6.07, 6.45) is -10.1. The molecule has 0 saturated heterocycles. The van der Waals surface area contributed by atoms with Crippen LogP contribution in [0.2, 0.25) is 0 Å². The van der Waals surface area contributed by atoms with Crippen molar-refractivity contribution in [1.29, 1.82) is 0 Å². The van der Waals surface area contributed by atoms with Crippen molar-refractivity contribution in [1.82, 2.24) is 5.16 Å². The number of nitrogens with zero attached hydrogens (tertiary/aromatic N) is 1. The van der Waals surface area contributed by atoms with Gasteiger partial charge < -0.3 is 4.52 Å². The van der Waals surface area contributed by atoms with Crippen LogP contribution < -0.4 is 5.32 Å². The van der Waals surface area contributed by atoms with E-state index in [0.29, 0.717) is 0 Å². The molecule has 0 spiro atoms. The van der Waals surface area contributed by atoms with E-state index in [2.05, 4.69) is 9.68 Å². The van der Waals surface area contributed by atoms with E-state index in [4.69, 9.17) is 0 Å². The van der Waals surface area contributed by atoms with Crippen molar-refractivity contribution in [3.8, 4) is 0 Å². The highest BCUT2D eigenvalue weighted by Gasteiger charge is 2.40. The number of rotatable bonds is 1. The first-order chi connectivity index (χ1) is 7.10.